The Morgan fingerprint density at radius 2 is 1.87 bits per heavy atom. The number of carbonyl (C=O) groups is 1. The van der Waals surface area contributed by atoms with Crippen LogP contribution in [0.25, 0.3) is 0 Å². The number of anilines is 1. The average molecular weight is 224 g/mol. The molecule has 0 heterocycles. The number of amides is 1. The first-order chi connectivity index (χ1) is 7.00. The minimum Gasteiger partial charge on any atom is -0.309 e. The summed E-state index contributed by atoms with van der Waals surface area (Å²) in [7, 11) is 0. The maximum Gasteiger partial charge on any atom is 0.224 e. The molecule has 0 atom stereocenters. The van der Waals surface area contributed by atoms with Crippen LogP contribution in [0.1, 0.15) is 13.8 Å². The summed E-state index contributed by atoms with van der Waals surface area (Å²) < 4.78 is 0. The minimum atomic E-state index is 0.000299. The van der Waals surface area contributed by atoms with Crippen LogP contribution in [0, 0.1) is 0 Å². The molecule has 0 fully saturated rings. The van der Waals surface area contributed by atoms with E-state index in [1.165, 1.54) is 6.92 Å². The highest BCUT2D eigenvalue weighted by Gasteiger charge is 2.10. The molecule has 2 nitrogen and oxygen atoms in total. The van der Waals surface area contributed by atoms with Gasteiger partial charge in [-0.25, -0.2) is 0 Å². The van der Waals surface area contributed by atoms with Gasteiger partial charge in [0.2, 0.25) is 5.91 Å². The second-order valence-electron chi connectivity index (χ2n) is 3.54. The molecule has 0 aliphatic carbocycles. The molecule has 0 aromatic heterocycles. The van der Waals surface area contributed by atoms with Crippen LogP contribution in [0.3, 0.4) is 0 Å². The molecule has 0 bridgehead atoms. The summed E-state index contributed by atoms with van der Waals surface area (Å²) >= 11 is 5.78. The molecule has 0 radical (unpaired) electrons. The van der Waals surface area contributed by atoms with E-state index in [1.54, 1.807) is 17.0 Å². The zero-order valence-electron chi connectivity index (χ0n) is 8.96. The number of rotatable bonds is 3. The molecule has 0 unspecified atom stereocenters. The van der Waals surface area contributed by atoms with Crippen molar-refractivity contribution in [3.05, 3.63) is 41.4 Å². The molecule has 1 aromatic carbocycles. The maximum atomic E-state index is 11.4. The van der Waals surface area contributed by atoms with E-state index in [9.17, 15) is 4.79 Å². The summed E-state index contributed by atoms with van der Waals surface area (Å²) in [4.78, 5) is 13.1. The predicted molar refractivity (Wildman–Crippen MR) is 64.3 cm³/mol. The lowest BCUT2D eigenvalue weighted by Gasteiger charge is -2.21. The van der Waals surface area contributed by atoms with Crippen molar-refractivity contribution in [1.29, 1.82) is 0 Å². The van der Waals surface area contributed by atoms with Crippen LogP contribution in [0.15, 0.2) is 36.4 Å². The number of hydrogen-bond acceptors (Lipinski definition) is 1. The van der Waals surface area contributed by atoms with Crippen molar-refractivity contribution in [1.82, 2.24) is 0 Å². The Kier molecular flexibility index (Phi) is 3.92. The second-order valence-corrected chi connectivity index (χ2v) is 3.98. The third-order valence-corrected chi connectivity index (χ3v) is 2.20. The highest BCUT2D eigenvalue weighted by atomic mass is 35.5. The van der Waals surface area contributed by atoms with E-state index in [1.807, 2.05) is 19.1 Å². The van der Waals surface area contributed by atoms with Crippen LogP contribution in [0.5, 0.6) is 0 Å². The van der Waals surface area contributed by atoms with Gasteiger partial charge in [-0.1, -0.05) is 23.8 Å². The van der Waals surface area contributed by atoms with Crippen LogP contribution in [-0.2, 0) is 4.79 Å². The summed E-state index contributed by atoms with van der Waals surface area (Å²) in [6.07, 6.45) is 0. The number of hydrogen-bond donors (Lipinski definition) is 0. The monoisotopic (exact) mass is 223 g/mol. The van der Waals surface area contributed by atoms with E-state index in [2.05, 4.69) is 6.58 Å². The van der Waals surface area contributed by atoms with Gasteiger partial charge in [0.05, 0.1) is 0 Å². The Morgan fingerprint density at radius 1 is 1.33 bits per heavy atom. The first kappa shape index (κ1) is 11.8. The maximum absolute atomic E-state index is 11.4. The molecule has 1 amide bonds. The Morgan fingerprint density at radius 3 is 2.27 bits per heavy atom. The van der Waals surface area contributed by atoms with Gasteiger partial charge in [-0.15, -0.1) is 0 Å². The average Bonchev–Trinajstić information content (AvgIpc) is 2.15. The van der Waals surface area contributed by atoms with Gasteiger partial charge in [-0.2, -0.15) is 0 Å². The van der Waals surface area contributed by atoms with Crippen molar-refractivity contribution in [2.45, 2.75) is 13.8 Å². The summed E-state index contributed by atoms with van der Waals surface area (Å²) in [6.45, 7) is 7.77. The molecule has 0 aliphatic heterocycles. The summed E-state index contributed by atoms with van der Waals surface area (Å²) in [5.41, 5.74) is 1.79. The van der Waals surface area contributed by atoms with Gasteiger partial charge in [0.15, 0.2) is 0 Å². The van der Waals surface area contributed by atoms with Crippen molar-refractivity contribution < 1.29 is 4.79 Å². The highest BCUT2D eigenvalue weighted by molar-refractivity contribution is 6.30. The molecular weight excluding hydrogens is 210 g/mol. The number of nitrogens with zero attached hydrogens (tertiary/aromatic N) is 1. The standard InChI is InChI=1S/C12H14ClNO/c1-9(2)8-14(10(3)15)12-6-4-11(13)5-7-12/h4-7H,1,8H2,2-3H3. The van der Waals surface area contributed by atoms with Gasteiger partial charge in [0.1, 0.15) is 0 Å². The molecule has 0 saturated heterocycles. The van der Waals surface area contributed by atoms with E-state index >= 15 is 0 Å². The zero-order chi connectivity index (χ0) is 11.4. The Hall–Kier alpha value is -1.28. The molecule has 1 aromatic rings. The summed E-state index contributed by atoms with van der Waals surface area (Å²) in [6, 6.07) is 7.19. The van der Waals surface area contributed by atoms with Crippen molar-refractivity contribution in [3.63, 3.8) is 0 Å². The fraction of sp³-hybridized carbons (Fsp3) is 0.250. The summed E-state index contributed by atoms with van der Waals surface area (Å²) in [5, 5.41) is 0.664. The molecule has 3 heteroatoms. The van der Waals surface area contributed by atoms with Gasteiger partial charge in [-0.05, 0) is 31.2 Å². The van der Waals surface area contributed by atoms with Crippen molar-refractivity contribution in [2.24, 2.45) is 0 Å². The van der Waals surface area contributed by atoms with Crippen molar-refractivity contribution in [2.75, 3.05) is 11.4 Å². The van der Waals surface area contributed by atoms with Gasteiger partial charge < -0.3 is 4.90 Å². The van der Waals surface area contributed by atoms with Crippen LogP contribution < -0.4 is 4.90 Å². The summed E-state index contributed by atoms with van der Waals surface area (Å²) in [5.74, 6) is 0.000299. The van der Waals surface area contributed by atoms with Crippen molar-refractivity contribution in [3.8, 4) is 0 Å². The highest BCUT2D eigenvalue weighted by Crippen LogP contribution is 2.18. The third kappa shape index (κ3) is 3.40. The van der Waals surface area contributed by atoms with Gasteiger partial charge in [-0.3, -0.25) is 4.79 Å². The fourth-order valence-electron chi connectivity index (χ4n) is 1.28. The molecule has 0 N–H and O–H groups in total. The first-order valence-corrected chi connectivity index (χ1v) is 5.06. The lowest BCUT2D eigenvalue weighted by Crippen LogP contribution is -2.29. The van der Waals surface area contributed by atoms with Crippen LogP contribution in [0.2, 0.25) is 5.02 Å². The predicted octanol–water partition coefficient (Wildman–Crippen LogP) is 3.27. The first-order valence-electron chi connectivity index (χ1n) is 4.69. The number of halogens is 1. The van der Waals surface area contributed by atoms with Crippen LogP contribution in [-0.4, -0.2) is 12.5 Å². The quantitative estimate of drug-likeness (QED) is 0.721. The molecule has 1 rings (SSSR count). The lowest BCUT2D eigenvalue weighted by molar-refractivity contribution is -0.116. The molecule has 15 heavy (non-hydrogen) atoms. The molecule has 0 aliphatic rings. The Bertz CT molecular complexity index is 370. The second kappa shape index (κ2) is 4.99. The number of carbonyl (C=O) groups excluding carboxylic acids is 1. The van der Waals surface area contributed by atoms with Gasteiger partial charge >= 0.3 is 0 Å². The minimum absolute atomic E-state index is 0.000299. The van der Waals surface area contributed by atoms with Crippen LogP contribution in [0.4, 0.5) is 5.69 Å². The Balaban J connectivity index is 2.94. The van der Waals surface area contributed by atoms with Crippen LogP contribution >= 0.6 is 11.6 Å². The van der Waals surface area contributed by atoms with Crippen molar-refractivity contribution >= 4 is 23.2 Å². The molecular formula is C12H14ClNO. The van der Waals surface area contributed by atoms with Gasteiger partial charge in [0, 0.05) is 24.2 Å². The Labute approximate surface area is 95.2 Å². The van der Waals surface area contributed by atoms with E-state index < -0.39 is 0 Å². The van der Waals surface area contributed by atoms with Gasteiger partial charge in [0.25, 0.3) is 0 Å². The SMILES string of the molecule is C=C(C)CN(C(C)=O)c1ccc(Cl)cc1. The van der Waals surface area contributed by atoms with E-state index in [0.717, 1.165) is 11.3 Å². The third-order valence-electron chi connectivity index (χ3n) is 1.95. The molecule has 0 saturated carbocycles. The topological polar surface area (TPSA) is 20.3 Å². The van der Waals surface area contributed by atoms with E-state index in [4.69, 9.17) is 11.6 Å². The lowest BCUT2D eigenvalue weighted by atomic mass is 10.2. The largest absolute Gasteiger partial charge is 0.309 e. The smallest absolute Gasteiger partial charge is 0.224 e. The molecule has 80 valence electrons. The van der Waals surface area contributed by atoms with E-state index in [-0.39, 0.29) is 5.91 Å². The zero-order valence-corrected chi connectivity index (χ0v) is 9.71. The van der Waals surface area contributed by atoms with E-state index in [0.29, 0.717) is 11.6 Å². The fourth-order valence-corrected chi connectivity index (χ4v) is 1.40. The normalized spacial score (nSPS) is 9.80. The number of benzene rings is 1. The molecule has 0 spiro atoms.